The topological polar surface area (TPSA) is 92.3 Å². The first kappa shape index (κ1) is 16.2. The van der Waals surface area contributed by atoms with E-state index in [4.69, 9.17) is 0 Å². The summed E-state index contributed by atoms with van der Waals surface area (Å²) in [6.07, 6.45) is 1.07. The maximum Gasteiger partial charge on any atom is 0.251 e. The molecule has 2 amide bonds. The van der Waals surface area contributed by atoms with E-state index < -0.39 is 21.8 Å². The summed E-state index contributed by atoms with van der Waals surface area (Å²) in [4.78, 5) is 23.5. The van der Waals surface area contributed by atoms with Gasteiger partial charge in [0, 0.05) is 18.4 Å². The number of hydrogen-bond donors (Lipinski definition) is 2. The molecule has 0 heterocycles. The van der Waals surface area contributed by atoms with Gasteiger partial charge in [0.25, 0.3) is 5.91 Å². The molecule has 1 atom stereocenters. The zero-order valence-electron chi connectivity index (χ0n) is 11.6. The van der Waals surface area contributed by atoms with Gasteiger partial charge in [-0.25, -0.2) is 8.42 Å². The molecule has 2 N–H and O–H groups in total. The lowest BCUT2D eigenvalue weighted by Gasteiger charge is -2.13. The Morgan fingerprint density at radius 3 is 2.50 bits per heavy atom. The first-order valence-corrected chi connectivity index (χ1v) is 8.03. The number of rotatable bonds is 5. The van der Waals surface area contributed by atoms with Crippen LogP contribution in [0.4, 0.5) is 0 Å². The molecule has 0 spiro atoms. The molecule has 1 aromatic carbocycles. The quantitative estimate of drug-likeness (QED) is 0.820. The molecule has 6 nitrogen and oxygen atoms in total. The van der Waals surface area contributed by atoms with E-state index in [2.05, 4.69) is 10.6 Å². The molecule has 110 valence electrons. The number of carbonyl (C=O) groups excluding carboxylic acids is 2. The summed E-state index contributed by atoms with van der Waals surface area (Å²) in [5.74, 6) is -0.783. The maximum atomic E-state index is 12.0. The SMILES string of the molecule is CCNC(=O)[C@H](C)NC(=O)c1cccc(S(C)(=O)=O)c1. The third-order valence-electron chi connectivity index (χ3n) is 2.62. The zero-order chi connectivity index (χ0) is 15.3. The van der Waals surface area contributed by atoms with Gasteiger partial charge in [-0.2, -0.15) is 0 Å². The van der Waals surface area contributed by atoms with Crippen LogP contribution in [0, 0.1) is 0 Å². The Kier molecular flexibility index (Phi) is 5.26. The molecule has 0 saturated carbocycles. The van der Waals surface area contributed by atoms with Crippen molar-refractivity contribution < 1.29 is 18.0 Å². The van der Waals surface area contributed by atoms with Gasteiger partial charge in [0.2, 0.25) is 5.91 Å². The maximum absolute atomic E-state index is 12.0. The Labute approximate surface area is 118 Å². The predicted octanol–water partition coefficient (Wildman–Crippen LogP) is 0.344. The summed E-state index contributed by atoms with van der Waals surface area (Å²) in [5, 5.41) is 5.10. The Morgan fingerprint density at radius 2 is 1.95 bits per heavy atom. The van der Waals surface area contributed by atoms with Gasteiger partial charge in [0.15, 0.2) is 9.84 Å². The fourth-order valence-corrected chi connectivity index (χ4v) is 2.21. The van der Waals surface area contributed by atoms with E-state index in [1.165, 1.54) is 24.3 Å². The number of carbonyl (C=O) groups is 2. The van der Waals surface area contributed by atoms with Crippen molar-refractivity contribution in [1.82, 2.24) is 10.6 Å². The molecule has 1 rings (SSSR count). The minimum atomic E-state index is -3.37. The second kappa shape index (κ2) is 6.51. The standard InChI is InChI=1S/C13H18N2O4S/c1-4-14-12(16)9(2)15-13(17)10-6-5-7-11(8-10)20(3,18)19/h5-9H,4H2,1-3H3,(H,14,16)(H,15,17)/t9-/m0/s1. The Morgan fingerprint density at radius 1 is 1.30 bits per heavy atom. The Hall–Kier alpha value is -1.89. The van der Waals surface area contributed by atoms with Gasteiger partial charge in [-0.1, -0.05) is 6.07 Å². The Bertz CT molecular complexity index is 611. The van der Waals surface area contributed by atoms with Crippen molar-refractivity contribution in [1.29, 1.82) is 0 Å². The van der Waals surface area contributed by atoms with Gasteiger partial charge in [-0.05, 0) is 32.0 Å². The zero-order valence-corrected chi connectivity index (χ0v) is 12.5. The molecule has 0 saturated heterocycles. The second-order valence-corrected chi connectivity index (χ2v) is 6.41. The molecular formula is C13H18N2O4S. The Balaban J connectivity index is 2.86. The first-order chi connectivity index (χ1) is 9.25. The highest BCUT2D eigenvalue weighted by Crippen LogP contribution is 2.11. The van der Waals surface area contributed by atoms with Crippen LogP contribution in [0.1, 0.15) is 24.2 Å². The lowest BCUT2D eigenvalue weighted by Crippen LogP contribution is -2.44. The third kappa shape index (κ3) is 4.34. The van der Waals surface area contributed by atoms with Crippen molar-refractivity contribution >= 4 is 21.7 Å². The number of sulfone groups is 1. The lowest BCUT2D eigenvalue weighted by molar-refractivity contribution is -0.122. The number of likely N-dealkylation sites (N-methyl/N-ethyl adjacent to an activating group) is 1. The molecule has 0 unspecified atom stereocenters. The molecule has 1 aromatic rings. The van der Waals surface area contributed by atoms with E-state index in [1.54, 1.807) is 13.8 Å². The molecule has 0 fully saturated rings. The van der Waals surface area contributed by atoms with Crippen LogP contribution in [0.25, 0.3) is 0 Å². The lowest BCUT2D eigenvalue weighted by atomic mass is 10.2. The van der Waals surface area contributed by atoms with Crippen LogP contribution in [0.2, 0.25) is 0 Å². The molecule has 0 bridgehead atoms. The van der Waals surface area contributed by atoms with E-state index in [0.717, 1.165) is 6.26 Å². The molecule has 0 aliphatic rings. The van der Waals surface area contributed by atoms with Crippen molar-refractivity contribution in [3.63, 3.8) is 0 Å². The number of hydrogen-bond acceptors (Lipinski definition) is 4. The van der Waals surface area contributed by atoms with E-state index in [0.29, 0.717) is 6.54 Å². The molecule has 0 aromatic heterocycles. The van der Waals surface area contributed by atoms with Crippen LogP contribution in [0.3, 0.4) is 0 Å². The monoisotopic (exact) mass is 298 g/mol. The summed E-state index contributed by atoms with van der Waals surface area (Å²) in [6, 6.07) is 5.00. The van der Waals surface area contributed by atoms with Crippen LogP contribution >= 0.6 is 0 Å². The van der Waals surface area contributed by atoms with Crippen molar-refractivity contribution in [2.24, 2.45) is 0 Å². The molecule has 0 aliphatic carbocycles. The molecular weight excluding hydrogens is 280 g/mol. The summed E-state index contributed by atoms with van der Waals surface area (Å²) >= 11 is 0. The normalized spacial score (nSPS) is 12.6. The summed E-state index contributed by atoms with van der Waals surface area (Å²) in [5.41, 5.74) is 0.198. The van der Waals surface area contributed by atoms with E-state index in [1.807, 2.05) is 0 Å². The second-order valence-electron chi connectivity index (χ2n) is 4.39. The fourth-order valence-electron chi connectivity index (χ4n) is 1.54. The number of nitrogens with one attached hydrogen (secondary N) is 2. The molecule has 20 heavy (non-hydrogen) atoms. The van der Waals surface area contributed by atoms with Crippen molar-refractivity contribution in [3.8, 4) is 0 Å². The minimum Gasteiger partial charge on any atom is -0.355 e. The van der Waals surface area contributed by atoms with Crippen LogP contribution in [-0.2, 0) is 14.6 Å². The van der Waals surface area contributed by atoms with Gasteiger partial charge in [0.05, 0.1) is 4.90 Å². The minimum absolute atomic E-state index is 0.0656. The van der Waals surface area contributed by atoms with E-state index >= 15 is 0 Å². The van der Waals surface area contributed by atoms with Gasteiger partial charge in [-0.3, -0.25) is 9.59 Å². The van der Waals surface area contributed by atoms with Gasteiger partial charge in [-0.15, -0.1) is 0 Å². The van der Waals surface area contributed by atoms with Crippen molar-refractivity contribution in [2.75, 3.05) is 12.8 Å². The molecule has 0 aliphatic heterocycles. The average Bonchev–Trinajstić information content (AvgIpc) is 2.38. The van der Waals surface area contributed by atoms with E-state index in [-0.39, 0.29) is 16.4 Å². The highest BCUT2D eigenvalue weighted by atomic mass is 32.2. The van der Waals surface area contributed by atoms with Crippen molar-refractivity contribution in [2.45, 2.75) is 24.8 Å². The van der Waals surface area contributed by atoms with E-state index in [9.17, 15) is 18.0 Å². The third-order valence-corrected chi connectivity index (χ3v) is 3.73. The molecule has 0 radical (unpaired) electrons. The fraction of sp³-hybridized carbons (Fsp3) is 0.385. The van der Waals surface area contributed by atoms with Crippen LogP contribution < -0.4 is 10.6 Å². The van der Waals surface area contributed by atoms with Gasteiger partial charge >= 0.3 is 0 Å². The number of amides is 2. The average molecular weight is 298 g/mol. The highest BCUT2D eigenvalue weighted by molar-refractivity contribution is 7.90. The first-order valence-electron chi connectivity index (χ1n) is 6.14. The summed E-state index contributed by atoms with van der Waals surface area (Å²) in [6.45, 7) is 3.81. The van der Waals surface area contributed by atoms with Crippen LogP contribution in [0.5, 0.6) is 0 Å². The van der Waals surface area contributed by atoms with Crippen molar-refractivity contribution in [3.05, 3.63) is 29.8 Å². The largest absolute Gasteiger partial charge is 0.355 e. The smallest absolute Gasteiger partial charge is 0.251 e. The summed E-state index contributed by atoms with van der Waals surface area (Å²) in [7, 11) is -3.37. The molecule has 7 heteroatoms. The summed E-state index contributed by atoms with van der Waals surface area (Å²) < 4.78 is 22.9. The highest BCUT2D eigenvalue weighted by Gasteiger charge is 2.17. The number of benzene rings is 1. The van der Waals surface area contributed by atoms with Gasteiger partial charge in [0.1, 0.15) is 6.04 Å². The van der Waals surface area contributed by atoms with Gasteiger partial charge < -0.3 is 10.6 Å². The van der Waals surface area contributed by atoms with Crippen LogP contribution in [0.15, 0.2) is 29.2 Å². The van der Waals surface area contributed by atoms with Crippen LogP contribution in [-0.4, -0.2) is 39.1 Å². The predicted molar refractivity (Wildman–Crippen MR) is 75.2 cm³/mol.